The standard InChI is InChI=1S/C10H19BrN2O3/c1-10(2,3)16-9(15)13-7-6-12-8(14)4-5-11/h4-7H2,1-3H3,(H,12,14)(H,13,15). The molecule has 0 fully saturated rings. The number of alkyl carbamates (subject to hydrolysis) is 1. The van der Waals surface area contributed by atoms with Crippen molar-refractivity contribution in [1.82, 2.24) is 10.6 Å². The number of carbonyl (C=O) groups is 2. The SMILES string of the molecule is CC(C)(C)OC(=O)NCCNC(=O)CCBr. The summed E-state index contributed by atoms with van der Waals surface area (Å²) in [6.07, 6.45) is -0.0332. The maximum Gasteiger partial charge on any atom is 0.407 e. The van der Waals surface area contributed by atoms with Gasteiger partial charge in [-0.25, -0.2) is 4.79 Å². The molecule has 0 rings (SSSR count). The monoisotopic (exact) mass is 294 g/mol. The summed E-state index contributed by atoms with van der Waals surface area (Å²) in [5, 5.41) is 5.85. The second kappa shape index (κ2) is 7.49. The van der Waals surface area contributed by atoms with Gasteiger partial charge in [-0.2, -0.15) is 0 Å². The Kier molecular flexibility index (Phi) is 7.12. The molecule has 6 heteroatoms. The molecule has 16 heavy (non-hydrogen) atoms. The van der Waals surface area contributed by atoms with E-state index in [2.05, 4.69) is 26.6 Å². The van der Waals surface area contributed by atoms with E-state index < -0.39 is 11.7 Å². The smallest absolute Gasteiger partial charge is 0.407 e. The fourth-order valence-corrected chi connectivity index (χ4v) is 1.21. The molecule has 0 aliphatic heterocycles. The van der Waals surface area contributed by atoms with E-state index in [1.165, 1.54) is 0 Å². The van der Waals surface area contributed by atoms with Crippen LogP contribution in [0.5, 0.6) is 0 Å². The van der Waals surface area contributed by atoms with Gasteiger partial charge < -0.3 is 15.4 Å². The predicted molar refractivity (Wildman–Crippen MR) is 65.7 cm³/mol. The number of alkyl halides is 1. The van der Waals surface area contributed by atoms with Gasteiger partial charge in [0.05, 0.1) is 0 Å². The average Bonchev–Trinajstić information content (AvgIpc) is 2.10. The molecule has 0 saturated heterocycles. The molecule has 0 aromatic carbocycles. The summed E-state index contributed by atoms with van der Waals surface area (Å²) in [5.74, 6) is -0.0390. The van der Waals surface area contributed by atoms with E-state index in [0.717, 1.165) is 0 Å². The average molecular weight is 295 g/mol. The van der Waals surface area contributed by atoms with Crippen molar-refractivity contribution >= 4 is 27.9 Å². The van der Waals surface area contributed by atoms with E-state index in [-0.39, 0.29) is 5.91 Å². The lowest BCUT2D eigenvalue weighted by molar-refractivity contribution is -0.120. The van der Waals surface area contributed by atoms with Crippen molar-refractivity contribution in [1.29, 1.82) is 0 Å². The van der Waals surface area contributed by atoms with Crippen LogP contribution in [0.15, 0.2) is 0 Å². The molecule has 2 N–H and O–H groups in total. The first-order valence-electron chi connectivity index (χ1n) is 5.14. The van der Waals surface area contributed by atoms with Gasteiger partial charge in [0.25, 0.3) is 0 Å². The molecule has 0 aromatic rings. The lowest BCUT2D eigenvalue weighted by atomic mass is 10.2. The molecule has 94 valence electrons. The third-order valence-corrected chi connectivity index (χ3v) is 1.83. The van der Waals surface area contributed by atoms with Crippen LogP contribution in [0.2, 0.25) is 0 Å². The topological polar surface area (TPSA) is 67.4 Å². The van der Waals surface area contributed by atoms with Crippen LogP contribution in [0.25, 0.3) is 0 Å². The number of hydrogen-bond acceptors (Lipinski definition) is 3. The second-order valence-electron chi connectivity index (χ2n) is 4.22. The van der Waals surface area contributed by atoms with E-state index >= 15 is 0 Å². The van der Waals surface area contributed by atoms with Gasteiger partial charge in [-0.1, -0.05) is 15.9 Å². The summed E-state index contributed by atoms with van der Waals surface area (Å²) >= 11 is 3.16. The Morgan fingerprint density at radius 3 is 2.25 bits per heavy atom. The van der Waals surface area contributed by atoms with Gasteiger partial charge in [-0.3, -0.25) is 4.79 Å². The summed E-state index contributed by atoms with van der Waals surface area (Å²) in [7, 11) is 0. The minimum atomic E-state index is -0.497. The van der Waals surface area contributed by atoms with Crippen LogP contribution in [0, 0.1) is 0 Å². The van der Waals surface area contributed by atoms with E-state index in [0.29, 0.717) is 24.8 Å². The Labute approximate surface area is 104 Å². The van der Waals surface area contributed by atoms with E-state index in [4.69, 9.17) is 4.74 Å². The minimum absolute atomic E-state index is 0.0390. The molecule has 0 heterocycles. The first kappa shape index (κ1) is 15.2. The van der Waals surface area contributed by atoms with Gasteiger partial charge in [0.15, 0.2) is 0 Å². The highest BCUT2D eigenvalue weighted by atomic mass is 79.9. The van der Waals surface area contributed by atoms with Gasteiger partial charge in [-0.05, 0) is 20.8 Å². The van der Waals surface area contributed by atoms with Crippen molar-refractivity contribution in [3.63, 3.8) is 0 Å². The molecule has 0 unspecified atom stereocenters. The van der Waals surface area contributed by atoms with E-state index in [1.807, 2.05) is 0 Å². The Balaban J connectivity index is 3.52. The quantitative estimate of drug-likeness (QED) is 0.595. The molecule has 0 radical (unpaired) electrons. The predicted octanol–water partition coefficient (Wildman–Crippen LogP) is 1.41. The highest BCUT2D eigenvalue weighted by Crippen LogP contribution is 2.05. The van der Waals surface area contributed by atoms with Crippen LogP contribution < -0.4 is 10.6 Å². The van der Waals surface area contributed by atoms with Crippen LogP contribution in [0.3, 0.4) is 0 Å². The van der Waals surface area contributed by atoms with Crippen molar-refractivity contribution in [2.24, 2.45) is 0 Å². The number of rotatable bonds is 5. The van der Waals surface area contributed by atoms with Crippen LogP contribution in [0.4, 0.5) is 4.79 Å². The van der Waals surface area contributed by atoms with Crippen molar-refractivity contribution in [2.75, 3.05) is 18.4 Å². The molecule has 0 saturated carbocycles. The Hall–Kier alpha value is -0.780. The van der Waals surface area contributed by atoms with Crippen molar-refractivity contribution in [2.45, 2.75) is 32.8 Å². The van der Waals surface area contributed by atoms with Gasteiger partial charge in [0, 0.05) is 24.8 Å². The first-order valence-corrected chi connectivity index (χ1v) is 6.27. The first-order chi connectivity index (χ1) is 7.35. The highest BCUT2D eigenvalue weighted by molar-refractivity contribution is 9.09. The number of amides is 2. The Morgan fingerprint density at radius 1 is 1.19 bits per heavy atom. The summed E-state index contributed by atoms with van der Waals surface area (Å²) in [6.45, 7) is 6.16. The maximum absolute atomic E-state index is 11.2. The fourth-order valence-electron chi connectivity index (χ4n) is 0.855. The van der Waals surface area contributed by atoms with Crippen LogP contribution >= 0.6 is 15.9 Å². The molecule has 2 amide bonds. The normalized spacial score (nSPS) is 10.8. The van der Waals surface area contributed by atoms with Crippen LogP contribution in [0.1, 0.15) is 27.2 Å². The number of halogens is 1. The summed E-state index contributed by atoms with van der Waals surface area (Å²) in [4.78, 5) is 22.2. The number of nitrogens with one attached hydrogen (secondary N) is 2. The molecule has 0 spiro atoms. The summed E-state index contributed by atoms with van der Waals surface area (Å²) in [5.41, 5.74) is -0.497. The Bertz CT molecular complexity index is 239. The van der Waals surface area contributed by atoms with E-state index in [9.17, 15) is 9.59 Å². The van der Waals surface area contributed by atoms with Crippen LogP contribution in [-0.2, 0) is 9.53 Å². The number of hydrogen-bond donors (Lipinski definition) is 2. The summed E-state index contributed by atoms with van der Waals surface area (Å²) in [6, 6.07) is 0. The molecular formula is C10H19BrN2O3. The third-order valence-electron chi connectivity index (χ3n) is 1.44. The van der Waals surface area contributed by atoms with E-state index in [1.54, 1.807) is 20.8 Å². The fraction of sp³-hybridized carbons (Fsp3) is 0.800. The second-order valence-corrected chi connectivity index (χ2v) is 5.01. The zero-order valence-corrected chi connectivity index (χ0v) is 11.5. The maximum atomic E-state index is 11.2. The molecule has 0 atom stereocenters. The molecule has 0 aliphatic rings. The van der Waals surface area contributed by atoms with Crippen LogP contribution in [-0.4, -0.2) is 36.0 Å². The zero-order chi connectivity index (χ0) is 12.6. The minimum Gasteiger partial charge on any atom is -0.444 e. The molecular weight excluding hydrogens is 276 g/mol. The molecule has 0 bridgehead atoms. The Morgan fingerprint density at radius 2 is 1.75 bits per heavy atom. The van der Waals surface area contributed by atoms with Crippen molar-refractivity contribution in [3.05, 3.63) is 0 Å². The van der Waals surface area contributed by atoms with Gasteiger partial charge in [0.2, 0.25) is 5.91 Å². The number of ether oxygens (including phenoxy) is 1. The van der Waals surface area contributed by atoms with Gasteiger partial charge >= 0.3 is 6.09 Å². The summed E-state index contributed by atoms with van der Waals surface area (Å²) < 4.78 is 5.02. The van der Waals surface area contributed by atoms with Gasteiger partial charge in [-0.15, -0.1) is 0 Å². The third kappa shape index (κ3) is 9.76. The molecule has 0 aliphatic carbocycles. The van der Waals surface area contributed by atoms with Crippen molar-refractivity contribution < 1.29 is 14.3 Å². The zero-order valence-electron chi connectivity index (χ0n) is 9.93. The lowest BCUT2D eigenvalue weighted by Crippen LogP contribution is -2.37. The van der Waals surface area contributed by atoms with Gasteiger partial charge in [0.1, 0.15) is 5.60 Å². The molecule has 0 aromatic heterocycles. The molecule has 5 nitrogen and oxygen atoms in total. The number of carbonyl (C=O) groups excluding carboxylic acids is 2. The largest absolute Gasteiger partial charge is 0.444 e. The van der Waals surface area contributed by atoms with Crippen molar-refractivity contribution in [3.8, 4) is 0 Å². The highest BCUT2D eigenvalue weighted by Gasteiger charge is 2.15. The lowest BCUT2D eigenvalue weighted by Gasteiger charge is -2.19.